The van der Waals surface area contributed by atoms with Crippen molar-refractivity contribution >= 4 is 6.03 Å². The van der Waals surface area contributed by atoms with Gasteiger partial charge in [0.1, 0.15) is 5.75 Å². The highest BCUT2D eigenvalue weighted by Gasteiger charge is 2.16. The van der Waals surface area contributed by atoms with Gasteiger partial charge in [-0.2, -0.15) is 0 Å². The molecule has 1 heterocycles. The summed E-state index contributed by atoms with van der Waals surface area (Å²) < 4.78 is 5.14. The Balaban J connectivity index is 1.67. The number of pyridine rings is 1. The Kier molecular flexibility index (Phi) is 5.83. The van der Waals surface area contributed by atoms with Crippen LogP contribution in [-0.4, -0.2) is 18.1 Å². The summed E-state index contributed by atoms with van der Waals surface area (Å²) in [6.45, 7) is 0.438. The van der Waals surface area contributed by atoms with Gasteiger partial charge in [-0.05, 0) is 41.0 Å². The molecule has 1 unspecified atom stereocenters. The van der Waals surface area contributed by atoms with E-state index < -0.39 is 0 Å². The van der Waals surface area contributed by atoms with Crippen molar-refractivity contribution < 1.29 is 9.53 Å². The number of nitrogens with zero attached hydrogens (tertiary/aromatic N) is 1. The van der Waals surface area contributed by atoms with E-state index in [9.17, 15) is 4.79 Å². The molecule has 1 atom stereocenters. The monoisotopic (exact) mass is 347 g/mol. The van der Waals surface area contributed by atoms with Crippen molar-refractivity contribution in [3.05, 3.63) is 95.8 Å². The summed E-state index contributed by atoms with van der Waals surface area (Å²) >= 11 is 0. The van der Waals surface area contributed by atoms with Gasteiger partial charge in [0.25, 0.3) is 0 Å². The largest absolute Gasteiger partial charge is 0.497 e. The van der Waals surface area contributed by atoms with Gasteiger partial charge in [0.05, 0.1) is 13.2 Å². The molecular formula is C21H21N3O2. The number of benzene rings is 2. The number of methoxy groups -OCH3 is 1. The molecule has 2 aromatic carbocycles. The third-order valence-corrected chi connectivity index (χ3v) is 4.06. The van der Waals surface area contributed by atoms with E-state index in [-0.39, 0.29) is 12.1 Å². The fourth-order valence-corrected chi connectivity index (χ4v) is 2.67. The van der Waals surface area contributed by atoms with Crippen molar-refractivity contribution in [3.8, 4) is 5.75 Å². The third-order valence-electron chi connectivity index (χ3n) is 4.06. The quantitative estimate of drug-likeness (QED) is 0.715. The van der Waals surface area contributed by atoms with Crippen LogP contribution in [0.1, 0.15) is 22.7 Å². The summed E-state index contributed by atoms with van der Waals surface area (Å²) in [5.41, 5.74) is 2.99. The molecule has 0 aliphatic carbocycles. The molecular weight excluding hydrogens is 326 g/mol. The first-order valence-corrected chi connectivity index (χ1v) is 8.38. The molecule has 132 valence electrons. The van der Waals surface area contributed by atoms with Crippen LogP contribution >= 0.6 is 0 Å². The normalized spacial score (nSPS) is 11.4. The summed E-state index contributed by atoms with van der Waals surface area (Å²) in [6.07, 6.45) is 3.45. The van der Waals surface area contributed by atoms with Crippen molar-refractivity contribution in [1.29, 1.82) is 0 Å². The van der Waals surface area contributed by atoms with Gasteiger partial charge in [0, 0.05) is 18.9 Å². The fraction of sp³-hybridized carbons (Fsp3) is 0.143. The molecule has 26 heavy (non-hydrogen) atoms. The Labute approximate surface area is 153 Å². The van der Waals surface area contributed by atoms with Crippen LogP contribution in [0.4, 0.5) is 4.79 Å². The summed E-state index contributed by atoms with van der Waals surface area (Å²) in [5, 5.41) is 5.94. The van der Waals surface area contributed by atoms with Crippen LogP contribution in [0, 0.1) is 0 Å². The Morgan fingerprint density at radius 3 is 2.27 bits per heavy atom. The third kappa shape index (κ3) is 4.60. The molecule has 5 nitrogen and oxygen atoms in total. The molecule has 2 amide bonds. The number of urea groups is 1. The number of hydrogen-bond acceptors (Lipinski definition) is 3. The van der Waals surface area contributed by atoms with Gasteiger partial charge in [-0.1, -0.05) is 42.5 Å². The number of ether oxygens (including phenoxy) is 1. The standard InChI is InChI=1S/C21H21N3O2/c1-26-19-9-7-16(8-10-19)15-23-21(25)24-20(17-5-3-2-4-6-17)18-11-13-22-14-12-18/h2-14,20H,15H2,1H3,(H2,23,24,25). The second-order valence-electron chi connectivity index (χ2n) is 5.80. The van der Waals surface area contributed by atoms with Crippen LogP contribution in [0.3, 0.4) is 0 Å². The van der Waals surface area contributed by atoms with E-state index in [1.54, 1.807) is 19.5 Å². The van der Waals surface area contributed by atoms with Crippen LogP contribution in [-0.2, 0) is 6.54 Å². The Morgan fingerprint density at radius 2 is 1.62 bits per heavy atom. The van der Waals surface area contributed by atoms with Gasteiger partial charge >= 0.3 is 6.03 Å². The van der Waals surface area contributed by atoms with Crippen LogP contribution < -0.4 is 15.4 Å². The molecule has 0 radical (unpaired) electrons. The van der Waals surface area contributed by atoms with E-state index in [2.05, 4.69) is 15.6 Å². The van der Waals surface area contributed by atoms with E-state index in [0.717, 1.165) is 22.4 Å². The maximum atomic E-state index is 12.4. The minimum atomic E-state index is -0.241. The average Bonchev–Trinajstić information content (AvgIpc) is 2.72. The minimum absolute atomic E-state index is 0.230. The molecule has 1 aromatic heterocycles. The predicted octanol–water partition coefficient (Wildman–Crippen LogP) is 3.68. The molecule has 0 aliphatic rings. The Morgan fingerprint density at radius 1 is 0.962 bits per heavy atom. The van der Waals surface area contributed by atoms with Gasteiger partial charge in [-0.25, -0.2) is 4.79 Å². The van der Waals surface area contributed by atoms with Gasteiger partial charge in [-0.3, -0.25) is 4.98 Å². The average molecular weight is 347 g/mol. The summed E-state index contributed by atoms with van der Waals surface area (Å²) in [7, 11) is 1.63. The van der Waals surface area contributed by atoms with Gasteiger partial charge in [0.2, 0.25) is 0 Å². The van der Waals surface area contributed by atoms with E-state index in [4.69, 9.17) is 4.74 Å². The maximum absolute atomic E-state index is 12.4. The molecule has 3 aromatic rings. The summed E-state index contributed by atoms with van der Waals surface area (Å²) in [6, 6.07) is 20.8. The first-order valence-electron chi connectivity index (χ1n) is 8.38. The van der Waals surface area contributed by atoms with Crippen molar-refractivity contribution in [3.63, 3.8) is 0 Å². The smallest absolute Gasteiger partial charge is 0.315 e. The summed E-state index contributed by atoms with van der Waals surface area (Å²) in [5.74, 6) is 0.792. The van der Waals surface area contributed by atoms with Crippen LogP contribution in [0.5, 0.6) is 5.75 Å². The zero-order valence-corrected chi connectivity index (χ0v) is 14.6. The number of nitrogens with one attached hydrogen (secondary N) is 2. The zero-order chi connectivity index (χ0) is 18.2. The molecule has 0 aliphatic heterocycles. The van der Waals surface area contributed by atoms with Crippen LogP contribution in [0.2, 0.25) is 0 Å². The highest BCUT2D eigenvalue weighted by molar-refractivity contribution is 5.75. The molecule has 0 spiro atoms. The molecule has 3 rings (SSSR count). The lowest BCUT2D eigenvalue weighted by molar-refractivity contribution is 0.238. The topological polar surface area (TPSA) is 63.2 Å². The lowest BCUT2D eigenvalue weighted by Crippen LogP contribution is -2.38. The molecule has 0 saturated carbocycles. The highest BCUT2D eigenvalue weighted by Crippen LogP contribution is 2.21. The first-order chi connectivity index (χ1) is 12.8. The van der Waals surface area contributed by atoms with Crippen molar-refractivity contribution in [2.24, 2.45) is 0 Å². The number of carbonyl (C=O) groups excluding carboxylic acids is 1. The second kappa shape index (κ2) is 8.67. The first kappa shape index (κ1) is 17.5. The van der Waals surface area contributed by atoms with Gasteiger partial charge < -0.3 is 15.4 Å². The summed E-state index contributed by atoms with van der Waals surface area (Å²) in [4.78, 5) is 16.5. The lowest BCUT2D eigenvalue weighted by atomic mass is 10.00. The SMILES string of the molecule is COc1ccc(CNC(=O)NC(c2ccccc2)c2ccncc2)cc1. The van der Waals surface area contributed by atoms with Crippen molar-refractivity contribution in [1.82, 2.24) is 15.6 Å². The minimum Gasteiger partial charge on any atom is -0.497 e. The van der Waals surface area contributed by atoms with E-state index >= 15 is 0 Å². The van der Waals surface area contributed by atoms with E-state index in [1.165, 1.54) is 0 Å². The predicted molar refractivity (Wildman–Crippen MR) is 101 cm³/mol. The number of carbonyl (C=O) groups is 1. The number of aromatic nitrogens is 1. The number of amides is 2. The molecule has 2 N–H and O–H groups in total. The molecule has 0 bridgehead atoms. The fourth-order valence-electron chi connectivity index (χ4n) is 2.67. The maximum Gasteiger partial charge on any atom is 0.315 e. The highest BCUT2D eigenvalue weighted by atomic mass is 16.5. The molecule has 5 heteroatoms. The molecule has 0 fully saturated rings. The van der Waals surface area contributed by atoms with Crippen LogP contribution in [0.15, 0.2) is 79.1 Å². The van der Waals surface area contributed by atoms with E-state index in [1.807, 2.05) is 66.7 Å². The van der Waals surface area contributed by atoms with Crippen LogP contribution in [0.25, 0.3) is 0 Å². The van der Waals surface area contributed by atoms with Gasteiger partial charge in [0.15, 0.2) is 0 Å². The number of hydrogen-bond donors (Lipinski definition) is 2. The zero-order valence-electron chi connectivity index (χ0n) is 14.6. The Hall–Kier alpha value is -3.34. The lowest BCUT2D eigenvalue weighted by Gasteiger charge is -2.20. The van der Waals surface area contributed by atoms with Gasteiger partial charge in [-0.15, -0.1) is 0 Å². The van der Waals surface area contributed by atoms with Crippen molar-refractivity contribution in [2.75, 3.05) is 7.11 Å². The Bertz CT molecular complexity index is 781. The van der Waals surface area contributed by atoms with E-state index in [0.29, 0.717) is 6.54 Å². The number of rotatable bonds is 6. The second-order valence-corrected chi connectivity index (χ2v) is 5.80. The van der Waals surface area contributed by atoms with Crippen molar-refractivity contribution in [2.45, 2.75) is 12.6 Å². The molecule has 0 saturated heterocycles.